The van der Waals surface area contributed by atoms with Crippen molar-refractivity contribution in [3.05, 3.63) is 6.33 Å². The Morgan fingerprint density at radius 1 is 1.20 bits per heavy atom. The Morgan fingerprint density at radius 3 is 2.47 bits per heavy atom. The molecule has 0 unspecified atom stereocenters. The molecular formula is C9H14N6. The van der Waals surface area contributed by atoms with E-state index in [2.05, 4.69) is 35.7 Å². The van der Waals surface area contributed by atoms with Crippen LogP contribution in [0.3, 0.4) is 0 Å². The lowest BCUT2D eigenvalue weighted by atomic mass is 10.1. The fourth-order valence-corrected chi connectivity index (χ4v) is 1.43. The largest absolute Gasteiger partial charge is 0.382 e. The third-order valence-corrected chi connectivity index (χ3v) is 2.16. The van der Waals surface area contributed by atoms with Crippen LogP contribution in [0.25, 0.3) is 11.2 Å². The molecule has 0 aliphatic carbocycles. The normalized spacial score (nSPS) is 12.2. The van der Waals surface area contributed by atoms with E-state index in [0.717, 1.165) is 0 Å². The van der Waals surface area contributed by atoms with Crippen LogP contribution in [0.5, 0.6) is 0 Å². The summed E-state index contributed by atoms with van der Waals surface area (Å²) in [6, 6.07) is 0. The predicted octanol–water partition coefficient (Wildman–Crippen LogP) is 0.746. The van der Waals surface area contributed by atoms with E-state index in [-0.39, 0.29) is 11.5 Å². The topological polar surface area (TPSA) is 95.6 Å². The van der Waals surface area contributed by atoms with Crippen LogP contribution in [0.2, 0.25) is 0 Å². The van der Waals surface area contributed by atoms with Crippen molar-refractivity contribution in [1.29, 1.82) is 0 Å². The van der Waals surface area contributed by atoms with Gasteiger partial charge < -0.3 is 16.0 Å². The Bertz CT molecular complexity index is 507. The summed E-state index contributed by atoms with van der Waals surface area (Å²) in [5.41, 5.74) is 12.4. The molecule has 0 bridgehead atoms. The molecule has 15 heavy (non-hydrogen) atoms. The van der Waals surface area contributed by atoms with Crippen LogP contribution < -0.4 is 11.5 Å². The molecule has 2 rings (SSSR count). The van der Waals surface area contributed by atoms with Crippen LogP contribution >= 0.6 is 0 Å². The molecule has 0 saturated carbocycles. The van der Waals surface area contributed by atoms with Crippen LogP contribution in [0, 0.1) is 0 Å². The van der Waals surface area contributed by atoms with Crippen LogP contribution in [0.4, 0.5) is 11.8 Å². The molecular weight excluding hydrogens is 192 g/mol. The molecule has 0 atom stereocenters. The van der Waals surface area contributed by atoms with Crippen molar-refractivity contribution in [2.75, 3.05) is 11.5 Å². The fraction of sp³-hybridized carbons (Fsp3) is 0.444. The second-order valence-corrected chi connectivity index (χ2v) is 4.42. The lowest BCUT2D eigenvalue weighted by Crippen LogP contribution is -2.21. The highest BCUT2D eigenvalue weighted by atomic mass is 15.2. The molecule has 2 heterocycles. The standard InChI is InChI=1S/C9H14N6/c1-9(2,3)15-4-12-5-6(10)13-8(11)14-7(5)15/h4H,1-3H3,(H4,10,11,13,14). The molecule has 4 N–H and O–H groups in total. The van der Waals surface area contributed by atoms with Gasteiger partial charge in [0.2, 0.25) is 5.95 Å². The predicted molar refractivity (Wildman–Crippen MR) is 59.1 cm³/mol. The van der Waals surface area contributed by atoms with Gasteiger partial charge in [-0.05, 0) is 20.8 Å². The Balaban J connectivity index is 2.80. The Hall–Kier alpha value is -1.85. The molecule has 0 fully saturated rings. The van der Waals surface area contributed by atoms with E-state index < -0.39 is 0 Å². The van der Waals surface area contributed by atoms with E-state index in [9.17, 15) is 0 Å². The number of hydrogen-bond donors (Lipinski definition) is 2. The average molecular weight is 206 g/mol. The second-order valence-electron chi connectivity index (χ2n) is 4.42. The first-order valence-corrected chi connectivity index (χ1v) is 4.66. The number of rotatable bonds is 0. The van der Waals surface area contributed by atoms with Crippen molar-refractivity contribution >= 4 is 22.9 Å². The maximum Gasteiger partial charge on any atom is 0.224 e. The summed E-state index contributed by atoms with van der Waals surface area (Å²) >= 11 is 0. The van der Waals surface area contributed by atoms with Gasteiger partial charge in [-0.3, -0.25) is 0 Å². The van der Waals surface area contributed by atoms with E-state index in [1.54, 1.807) is 6.33 Å². The first kappa shape index (κ1) is 9.70. The van der Waals surface area contributed by atoms with Gasteiger partial charge in [-0.2, -0.15) is 9.97 Å². The Morgan fingerprint density at radius 2 is 1.87 bits per heavy atom. The van der Waals surface area contributed by atoms with E-state index in [1.807, 2.05) is 4.57 Å². The molecule has 80 valence electrons. The van der Waals surface area contributed by atoms with Gasteiger partial charge in [0.15, 0.2) is 11.5 Å². The SMILES string of the molecule is CC(C)(C)n1cnc2c(N)nc(N)nc21. The molecule has 0 aliphatic rings. The van der Waals surface area contributed by atoms with E-state index >= 15 is 0 Å². The van der Waals surface area contributed by atoms with Gasteiger partial charge in [0.05, 0.1) is 6.33 Å². The first-order valence-electron chi connectivity index (χ1n) is 4.66. The van der Waals surface area contributed by atoms with Gasteiger partial charge in [-0.25, -0.2) is 4.98 Å². The minimum absolute atomic E-state index is 0.109. The van der Waals surface area contributed by atoms with Crippen LogP contribution in [-0.4, -0.2) is 19.5 Å². The van der Waals surface area contributed by atoms with Crippen molar-refractivity contribution in [1.82, 2.24) is 19.5 Å². The molecule has 0 aliphatic heterocycles. The number of nitrogens with two attached hydrogens (primary N) is 2. The quantitative estimate of drug-likeness (QED) is 0.663. The summed E-state index contributed by atoms with van der Waals surface area (Å²) in [4.78, 5) is 12.2. The molecule has 0 aromatic carbocycles. The van der Waals surface area contributed by atoms with Crippen molar-refractivity contribution in [3.63, 3.8) is 0 Å². The summed E-state index contributed by atoms with van der Waals surface area (Å²) in [5.74, 6) is 0.492. The number of nitrogen functional groups attached to an aromatic ring is 2. The summed E-state index contributed by atoms with van der Waals surface area (Å²) in [6.07, 6.45) is 1.70. The summed E-state index contributed by atoms with van der Waals surface area (Å²) < 4.78 is 1.93. The smallest absolute Gasteiger partial charge is 0.224 e. The summed E-state index contributed by atoms with van der Waals surface area (Å²) in [7, 11) is 0. The van der Waals surface area contributed by atoms with E-state index in [1.165, 1.54) is 0 Å². The zero-order valence-electron chi connectivity index (χ0n) is 9.02. The number of hydrogen-bond acceptors (Lipinski definition) is 5. The third-order valence-electron chi connectivity index (χ3n) is 2.16. The van der Waals surface area contributed by atoms with Crippen LogP contribution in [0.1, 0.15) is 20.8 Å². The maximum atomic E-state index is 5.71. The van der Waals surface area contributed by atoms with Gasteiger partial charge in [-0.1, -0.05) is 0 Å². The molecule has 2 aromatic heterocycles. The zero-order valence-corrected chi connectivity index (χ0v) is 9.02. The lowest BCUT2D eigenvalue weighted by Gasteiger charge is -2.20. The van der Waals surface area contributed by atoms with Crippen molar-refractivity contribution in [2.45, 2.75) is 26.3 Å². The average Bonchev–Trinajstić information content (AvgIpc) is 2.45. The van der Waals surface area contributed by atoms with Crippen LogP contribution in [0.15, 0.2) is 6.33 Å². The monoisotopic (exact) mass is 206 g/mol. The summed E-state index contributed by atoms with van der Waals surface area (Å²) in [6.45, 7) is 6.17. The zero-order chi connectivity index (χ0) is 11.2. The molecule has 0 radical (unpaired) electrons. The number of anilines is 2. The van der Waals surface area contributed by atoms with Gasteiger partial charge in [0, 0.05) is 5.54 Å². The van der Waals surface area contributed by atoms with Crippen molar-refractivity contribution < 1.29 is 0 Å². The molecule has 0 saturated heterocycles. The molecule has 0 amide bonds. The molecule has 0 spiro atoms. The van der Waals surface area contributed by atoms with Gasteiger partial charge in [0.25, 0.3) is 0 Å². The van der Waals surface area contributed by atoms with Gasteiger partial charge >= 0.3 is 0 Å². The maximum absolute atomic E-state index is 5.71. The highest BCUT2D eigenvalue weighted by Gasteiger charge is 2.18. The Labute approximate surface area is 87.3 Å². The minimum Gasteiger partial charge on any atom is -0.382 e. The van der Waals surface area contributed by atoms with Gasteiger partial charge in [0.1, 0.15) is 5.52 Å². The highest BCUT2D eigenvalue weighted by molar-refractivity contribution is 5.82. The summed E-state index contributed by atoms with van der Waals surface area (Å²) in [5, 5.41) is 0. The highest BCUT2D eigenvalue weighted by Crippen LogP contribution is 2.23. The van der Waals surface area contributed by atoms with Gasteiger partial charge in [-0.15, -0.1) is 0 Å². The number of nitrogens with zero attached hydrogens (tertiary/aromatic N) is 4. The van der Waals surface area contributed by atoms with E-state index in [0.29, 0.717) is 17.0 Å². The van der Waals surface area contributed by atoms with Crippen molar-refractivity contribution in [3.8, 4) is 0 Å². The minimum atomic E-state index is -0.109. The third kappa shape index (κ3) is 1.47. The van der Waals surface area contributed by atoms with E-state index in [4.69, 9.17) is 11.5 Å². The number of aromatic nitrogens is 4. The number of imidazole rings is 1. The lowest BCUT2D eigenvalue weighted by molar-refractivity contribution is 0.406. The number of fused-ring (bicyclic) bond motifs is 1. The molecule has 6 nitrogen and oxygen atoms in total. The van der Waals surface area contributed by atoms with Crippen molar-refractivity contribution in [2.24, 2.45) is 0 Å². The fourth-order valence-electron chi connectivity index (χ4n) is 1.43. The first-order chi connectivity index (χ1) is 6.89. The molecule has 2 aromatic rings. The van der Waals surface area contributed by atoms with Crippen LogP contribution in [-0.2, 0) is 5.54 Å². The second kappa shape index (κ2) is 2.82. The Kier molecular flexibility index (Phi) is 1.82. The molecule has 6 heteroatoms.